The molecule has 1 aliphatic heterocycles. The topological polar surface area (TPSA) is 83.8 Å². The van der Waals surface area contributed by atoms with Gasteiger partial charge in [-0.15, -0.1) is 0 Å². The van der Waals surface area contributed by atoms with Crippen molar-refractivity contribution in [1.82, 2.24) is 0 Å². The number of rotatable bonds is 2. The van der Waals surface area contributed by atoms with Gasteiger partial charge in [0.05, 0.1) is 11.7 Å². The number of carbonyl (C=O) groups excluding carboxylic acids is 2. The van der Waals surface area contributed by atoms with Gasteiger partial charge in [0.1, 0.15) is 12.9 Å². The SMILES string of the molecule is C[C@]12CC[C@H]3[C@@H](CC[C@@H]4C[C@@H](O)CC[C@@]43C=O)[C@@]1(O)CC[C@@H]2C1=CC(=O)OC1. The van der Waals surface area contributed by atoms with Crippen LogP contribution in [0, 0.1) is 34.5 Å². The molecule has 4 aliphatic carbocycles. The van der Waals surface area contributed by atoms with E-state index in [0.717, 1.165) is 56.9 Å². The number of fused-ring (bicyclic) bond motifs is 5. The Kier molecular flexibility index (Phi) is 4.13. The molecule has 0 aromatic rings. The van der Waals surface area contributed by atoms with Crippen LogP contribution < -0.4 is 0 Å². The molecule has 0 amide bonds. The average Bonchev–Trinajstić information content (AvgIpc) is 3.22. The molecule has 0 bridgehead atoms. The normalized spacial score (nSPS) is 52.9. The van der Waals surface area contributed by atoms with Gasteiger partial charge in [-0.2, -0.15) is 0 Å². The van der Waals surface area contributed by atoms with Crippen LogP contribution in [0.5, 0.6) is 0 Å². The fourth-order valence-corrected chi connectivity index (χ4v) is 8.31. The molecule has 0 unspecified atom stereocenters. The first-order chi connectivity index (χ1) is 13.3. The van der Waals surface area contributed by atoms with Crippen LogP contribution in [0.4, 0.5) is 0 Å². The number of aliphatic hydroxyl groups excluding tert-OH is 1. The Morgan fingerprint density at radius 3 is 2.64 bits per heavy atom. The summed E-state index contributed by atoms with van der Waals surface area (Å²) in [4.78, 5) is 24.1. The van der Waals surface area contributed by atoms with Gasteiger partial charge < -0.3 is 19.7 Å². The van der Waals surface area contributed by atoms with Crippen LogP contribution in [0.25, 0.3) is 0 Å². The smallest absolute Gasteiger partial charge is 0.331 e. The summed E-state index contributed by atoms with van der Waals surface area (Å²) >= 11 is 0. The van der Waals surface area contributed by atoms with Crippen molar-refractivity contribution in [2.75, 3.05) is 6.61 Å². The van der Waals surface area contributed by atoms with Crippen LogP contribution in [0.3, 0.4) is 0 Å². The molecule has 5 nitrogen and oxygen atoms in total. The van der Waals surface area contributed by atoms with E-state index in [2.05, 4.69) is 6.92 Å². The minimum atomic E-state index is -0.788. The Bertz CT molecular complexity index is 731. The second-order valence-corrected chi connectivity index (χ2v) is 10.4. The largest absolute Gasteiger partial charge is 0.458 e. The second-order valence-electron chi connectivity index (χ2n) is 10.4. The standard InChI is InChI=1S/C23H32O5/c1-21-7-5-18-19(3-2-15-11-16(25)4-8-22(15,18)13-24)23(21,27)9-6-17(21)14-10-20(26)28-12-14/h10,13,15-19,25,27H,2-9,11-12H2,1H3/t15-,16+,17-,18+,19-,21-,22-,23+/m1/s1. The van der Waals surface area contributed by atoms with E-state index in [-0.39, 0.29) is 46.6 Å². The Balaban J connectivity index is 1.49. The maximum atomic E-state index is 12.4. The average molecular weight is 389 g/mol. The van der Waals surface area contributed by atoms with Crippen molar-refractivity contribution in [3.8, 4) is 0 Å². The first-order valence-electron chi connectivity index (χ1n) is 11.1. The van der Waals surface area contributed by atoms with Gasteiger partial charge >= 0.3 is 5.97 Å². The van der Waals surface area contributed by atoms with E-state index in [1.54, 1.807) is 6.08 Å². The maximum absolute atomic E-state index is 12.4. The van der Waals surface area contributed by atoms with Gasteiger partial charge in [-0.1, -0.05) is 6.92 Å². The summed E-state index contributed by atoms with van der Waals surface area (Å²) in [6, 6.07) is 0. The highest BCUT2D eigenvalue weighted by atomic mass is 16.5. The van der Waals surface area contributed by atoms with E-state index in [4.69, 9.17) is 4.74 Å². The van der Waals surface area contributed by atoms with Gasteiger partial charge in [-0.05, 0) is 87.0 Å². The molecule has 0 radical (unpaired) electrons. The van der Waals surface area contributed by atoms with Crippen LogP contribution in [-0.4, -0.2) is 40.8 Å². The van der Waals surface area contributed by atoms with E-state index in [1.165, 1.54) is 6.29 Å². The van der Waals surface area contributed by atoms with E-state index in [1.807, 2.05) is 0 Å². The van der Waals surface area contributed by atoms with Crippen molar-refractivity contribution in [2.24, 2.45) is 34.5 Å². The molecule has 4 fully saturated rings. The Labute approximate surface area is 166 Å². The monoisotopic (exact) mass is 388 g/mol. The minimum absolute atomic E-state index is 0.131. The zero-order valence-electron chi connectivity index (χ0n) is 16.7. The number of hydrogen-bond acceptors (Lipinski definition) is 5. The molecule has 1 heterocycles. The highest BCUT2D eigenvalue weighted by Gasteiger charge is 2.68. The van der Waals surface area contributed by atoms with Crippen LogP contribution >= 0.6 is 0 Å². The van der Waals surface area contributed by atoms with Crippen molar-refractivity contribution < 1.29 is 24.5 Å². The third kappa shape index (κ3) is 2.26. The lowest BCUT2D eigenvalue weighted by molar-refractivity contribution is -0.207. The lowest BCUT2D eigenvalue weighted by Gasteiger charge is -2.62. The van der Waals surface area contributed by atoms with Crippen LogP contribution in [-0.2, 0) is 14.3 Å². The van der Waals surface area contributed by atoms with Gasteiger partial charge in [0, 0.05) is 16.9 Å². The van der Waals surface area contributed by atoms with E-state index >= 15 is 0 Å². The zero-order valence-corrected chi connectivity index (χ0v) is 16.7. The molecule has 0 spiro atoms. The fourth-order valence-electron chi connectivity index (χ4n) is 8.31. The number of carbonyl (C=O) groups is 2. The first kappa shape index (κ1) is 18.8. The Morgan fingerprint density at radius 2 is 1.93 bits per heavy atom. The number of aldehydes is 1. The predicted molar refractivity (Wildman–Crippen MR) is 102 cm³/mol. The quantitative estimate of drug-likeness (QED) is 0.561. The van der Waals surface area contributed by atoms with Gasteiger partial charge in [0.15, 0.2) is 0 Å². The highest BCUT2D eigenvalue weighted by molar-refractivity contribution is 5.85. The predicted octanol–water partition coefficient (Wildman–Crippen LogP) is 2.78. The molecule has 5 heteroatoms. The molecule has 8 atom stereocenters. The molecule has 0 saturated heterocycles. The minimum Gasteiger partial charge on any atom is -0.458 e. The summed E-state index contributed by atoms with van der Waals surface area (Å²) in [5.41, 5.74) is -0.381. The molecule has 5 aliphatic rings. The van der Waals surface area contributed by atoms with Crippen molar-refractivity contribution in [3.63, 3.8) is 0 Å². The van der Waals surface area contributed by atoms with Gasteiger partial charge in [-0.25, -0.2) is 4.79 Å². The molecule has 28 heavy (non-hydrogen) atoms. The van der Waals surface area contributed by atoms with Gasteiger partial charge in [0.2, 0.25) is 0 Å². The number of esters is 1. The molecule has 0 aromatic carbocycles. The molecule has 0 aromatic heterocycles. The summed E-state index contributed by atoms with van der Waals surface area (Å²) in [7, 11) is 0. The summed E-state index contributed by atoms with van der Waals surface area (Å²) in [5, 5.41) is 22.3. The third-order valence-electron chi connectivity index (χ3n) is 9.74. The van der Waals surface area contributed by atoms with Crippen molar-refractivity contribution in [1.29, 1.82) is 0 Å². The zero-order chi connectivity index (χ0) is 19.7. The van der Waals surface area contributed by atoms with Gasteiger partial charge in [0.25, 0.3) is 0 Å². The first-order valence-corrected chi connectivity index (χ1v) is 11.1. The Hall–Kier alpha value is -1.20. The molecule has 4 saturated carbocycles. The lowest BCUT2D eigenvalue weighted by Crippen LogP contribution is -2.63. The molecule has 5 rings (SSSR count). The third-order valence-corrected chi connectivity index (χ3v) is 9.74. The lowest BCUT2D eigenvalue weighted by atomic mass is 9.43. The van der Waals surface area contributed by atoms with Gasteiger partial charge in [-0.3, -0.25) is 0 Å². The van der Waals surface area contributed by atoms with Crippen LogP contribution in [0.15, 0.2) is 11.6 Å². The number of hydrogen-bond donors (Lipinski definition) is 2. The summed E-state index contributed by atoms with van der Waals surface area (Å²) < 4.78 is 5.17. The van der Waals surface area contributed by atoms with Crippen molar-refractivity contribution in [3.05, 3.63) is 11.6 Å². The van der Waals surface area contributed by atoms with Crippen molar-refractivity contribution >= 4 is 12.3 Å². The number of ether oxygens (including phenoxy) is 1. The Morgan fingerprint density at radius 1 is 1.11 bits per heavy atom. The molecule has 2 N–H and O–H groups in total. The number of aliphatic hydroxyl groups is 2. The fraction of sp³-hybridized carbons (Fsp3) is 0.826. The van der Waals surface area contributed by atoms with E-state index in [0.29, 0.717) is 13.0 Å². The molecular formula is C23H32O5. The highest BCUT2D eigenvalue weighted by Crippen LogP contribution is 2.69. The summed E-state index contributed by atoms with van der Waals surface area (Å²) in [6.45, 7) is 2.57. The van der Waals surface area contributed by atoms with Crippen molar-refractivity contribution in [2.45, 2.75) is 76.4 Å². The number of cyclic esters (lactones) is 1. The van der Waals surface area contributed by atoms with Crippen LogP contribution in [0.1, 0.15) is 64.7 Å². The second kappa shape index (κ2) is 6.15. The maximum Gasteiger partial charge on any atom is 0.331 e. The van der Waals surface area contributed by atoms with E-state index < -0.39 is 5.60 Å². The molecule has 154 valence electrons. The van der Waals surface area contributed by atoms with E-state index in [9.17, 15) is 19.8 Å². The van der Waals surface area contributed by atoms with Crippen LogP contribution in [0.2, 0.25) is 0 Å². The summed E-state index contributed by atoms with van der Waals surface area (Å²) in [5.74, 6) is 0.519. The summed E-state index contributed by atoms with van der Waals surface area (Å²) in [6.07, 6.45) is 10.1. The molecular weight excluding hydrogens is 356 g/mol.